The number of pyridine rings is 1. The van der Waals surface area contributed by atoms with Gasteiger partial charge in [-0.15, -0.1) is 0 Å². The Bertz CT molecular complexity index is 1320. The van der Waals surface area contributed by atoms with Gasteiger partial charge in [0.25, 0.3) is 0 Å². The monoisotopic (exact) mass is 558 g/mol. The van der Waals surface area contributed by atoms with E-state index in [-0.39, 0.29) is 18.8 Å². The summed E-state index contributed by atoms with van der Waals surface area (Å²) in [5.41, 5.74) is 4.18. The summed E-state index contributed by atoms with van der Waals surface area (Å²) < 4.78 is 50.2. The number of rotatable bonds is 7. The lowest BCUT2D eigenvalue weighted by Crippen LogP contribution is -2.55. The van der Waals surface area contributed by atoms with Gasteiger partial charge in [-0.2, -0.15) is 0 Å². The molecule has 1 aliphatic carbocycles. The molecule has 0 radical (unpaired) electrons. The molecule has 212 valence electrons. The number of hydrogen-bond donors (Lipinski definition) is 0. The van der Waals surface area contributed by atoms with Crippen LogP contribution in [0, 0.1) is 6.92 Å². The molecule has 0 N–H and O–H groups in total. The highest BCUT2D eigenvalue weighted by atomic mass is 32.2. The van der Waals surface area contributed by atoms with Crippen molar-refractivity contribution in [1.29, 1.82) is 0 Å². The highest BCUT2D eigenvalue weighted by Gasteiger charge is 2.65. The number of aromatic nitrogens is 1. The molecule has 3 atom stereocenters. The summed E-state index contributed by atoms with van der Waals surface area (Å²) in [7, 11) is -2.76. The first-order valence-corrected chi connectivity index (χ1v) is 15.1. The third-order valence-electron chi connectivity index (χ3n) is 8.21. The number of benzene rings is 1. The van der Waals surface area contributed by atoms with Crippen LogP contribution in [0.2, 0.25) is 0 Å². The Balaban J connectivity index is 1.30. The predicted molar refractivity (Wildman–Crippen MR) is 146 cm³/mol. The first-order chi connectivity index (χ1) is 18.5. The zero-order chi connectivity index (χ0) is 28.0. The molecule has 0 spiro atoms. The van der Waals surface area contributed by atoms with Crippen LogP contribution in [0.25, 0.3) is 11.3 Å². The van der Waals surface area contributed by atoms with Gasteiger partial charge in [-0.1, -0.05) is 24.3 Å². The van der Waals surface area contributed by atoms with Gasteiger partial charge in [0.15, 0.2) is 10.5 Å². The van der Waals surface area contributed by atoms with Crippen molar-refractivity contribution in [3.05, 3.63) is 47.5 Å². The molecule has 1 aromatic heterocycles. The van der Waals surface area contributed by atoms with Crippen LogP contribution < -0.4 is 4.74 Å². The maximum atomic E-state index is 14.0. The molecule has 0 amide bonds. The molecular weight excluding hydrogens is 520 g/mol. The van der Waals surface area contributed by atoms with E-state index in [1.807, 2.05) is 25.1 Å². The average molecular weight is 559 g/mol. The maximum Gasteiger partial charge on any atom is 0.328 e. The summed E-state index contributed by atoms with van der Waals surface area (Å²) in [5, 5.41) is 0. The molecule has 1 saturated carbocycles. The Kier molecular flexibility index (Phi) is 7.52. The van der Waals surface area contributed by atoms with Crippen molar-refractivity contribution >= 4 is 16.0 Å². The minimum Gasteiger partial charge on any atom is -0.478 e. The van der Waals surface area contributed by atoms with Gasteiger partial charge in [0, 0.05) is 37.6 Å². The van der Waals surface area contributed by atoms with Crippen molar-refractivity contribution in [2.45, 2.75) is 82.0 Å². The van der Waals surface area contributed by atoms with Gasteiger partial charge in [0.2, 0.25) is 15.9 Å². The molecule has 3 fully saturated rings. The molecule has 2 saturated heterocycles. The number of esters is 1. The molecule has 3 heterocycles. The maximum absolute atomic E-state index is 14.0. The van der Waals surface area contributed by atoms with Gasteiger partial charge in [-0.3, -0.25) is 4.79 Å². The topological polar surface area (TPSA) is 104 Å². The molecule has 5 rings (SSSR count). The molecule has 10 heteroatoms. The molecule has 0 bridgehead atoms. The third kappa shape index (κ3) is 5.08. The van der Waals surface area contributed by atoms with Crippen LogP contribution in [-0.2, 0) is 29.0 Å². The summed E-state index contributed by atoms with van der Waals surface area (Å²) in [4.78, 5) is 17.6. The molecule has 39 heavy (non-hydrogen) atoms. The van der Waals surface area contributed by atoms with Gasteiger partial charge >= 0.3 is 5.97 Å². The summed E-state index contributed by atoms with van der Waals surface area (Å²) in [5.74, 6) is -0.714. The number of carbonyl (C=O) groups is 1. The van der Waals surface area contributed by atoms with Crippen LogP contribution in [0.5, 0.6) is 5.88 Å². The molecule has 3 aliphatic rings. The number of nitrogens with zero attached hydrogens (tertiary/aromatic N) is 2. The highest BCUT2D eigenvalue weighted by Crippen LogP contribution is 2.48. The second-order valence-electron chi connectivity index (χ2n) is 11.2. The number of ether oxygens (including phenoxy) is 4. The van der Waals surface area contributed by atoms with Crippen molar-refractivity contribution in [2.24, 2.45) is 0 Å². The number of sulfonamides is 1. The van der Waals surface area contributed by atoms with E-state index >= 15 is 0 Å². The van der Waals surface area contributed by atoms with Crippen molar-refractivity contribution in [3.63, 3.8) is 0 Å². The standard InChI is InChI=1S/C29H38N2O7S/c1-6-36-26-9-7-8-23(30-26)22-11-10-21(16-19(22)2)20-12-14-31(15-13-20)39(33,34)29(27(32)35-5)17-24-25(18-29)38-28(3,4)37-24/h7-11,16,20,24-25H,6,12-15,17-18H2,1-5H3/t24-,25+,29-. The number of methoxy groups -OCH3 is 1. The van der Waals surface area contributed by atoms with Crippen LogP contribution >= 0.6 is 0 Å². The average Bonchev–Trinajstić information content (AvgIpc) is 3.40. The van der Waals surface area contributed by atoms with Crippen LogP contribution in [-0.4, -0.2) is 73.2 Å². The highest BCUT2D eigenvalue weighted by molar-refractivity contribution is 7.91. The van der Waals surface area contributed by atoms with Crippen molar-refractivity contribution < 1.29 is 32.2 Å². The third-order valence-corrected chi connectivity index (χ3v) is 10.7. The summed E-state index contributed by atoms with van der Waals surface area (Å²) in [6.07, 6.45) is 0.485. The molecule has 0 unspecified atom stereocenters. The van der Waals surface area contributed by atoms with Crippen molar-refractivity contribution in [3.8, 4) is 17.1 Å². The summed E-state index contributed by atoms with van der Waals surface area (Å²) in [6, 6.07) is 12.1. The second-order valence-corrected chi connectivity index (χ2v) is 13.4. The summed E-state index contributed by atoms with van der Waals surface area (Å²) >= 11 is 0. The quantitative estimate of drug-likeness (QED) is 0.466. The fraction of sp³-hybridized carbons (Fsp3) is 0.586. The van der Waals surface area contributed by atoms with Crippen LogP contribution in [0.1, 0.15) is 63.5 Å². The van der Waals surface area contributed by atoms with E-state index in [4.69, 9.17) is 18.9 Å². The second kappa shape index (κ2) is 10.5. The van der Waals surface area contributed by atoms with Crippen molar-refractivity contribution in [2.75, 3.05) is 26.8 Å². The lowest BCUT2D eigenvalue weighted by atomic mass is 9.88. The van der Waals surface area contributed by atoms with E-state index in [0.717, 1.165) is 16.8 Å². The Hall–Kier alpha value is -2.53. The fourth-order valence-corrected chi connectivity index (χ4v) is 8.58. The Labute approximate surface area is 230 Å². The largest absolute Gasteiger partial charge is 0.478 e. The number of hydrogen-bond acceptors (Lipinski definition) is 8. The van der Waals surface area contributed by atoms with Crippen LogP contribution in [0.15, 0.2) is 36.4 Å². The van der Waals surface area contributed by atoms with Crippen LogP contribution in [0.4, 0.5) is 0 Å². The lowest BCUT2D eigenvalue weighted by molar-refractivity contribution is -0.160. The number of carbonyl (C=O) groups excluding carboxylic acids is 1. The number of piperidine rings is 1. The lowest BCUT2D eigenvalue weighted by Gasteiger charge is -2.37. The molecule has 2 aliphatic heterocycles. The molecule has 9 nitrogen and oxygen atoms in total. The van der Waals surface area contributed by atoms with E-state index in [2.05, 4.69) is 30.1 Å². The van der Waals surface area contributed by atoms with E-state index in [0.29, 0.717) is 38.4 Å². The van der Waals surface area contributed by atoms with Crippen LogP contribution in [0.3, 0.4) is 0 Å². The van der Waals surface area contributed by atoms with E-state index in [1.165, 1.54) is 17.0 Å². The SMILES string of the molecule is CCOc1cccc(-c2ccc(C3CCN(S(=O)(=O)[C@@]4(C(=O)OC)C[C@@H]5OC(C)(C)O[C@@H]5C4)CC3)cc2C)n1. The van der Waals surface area contributed by atoms with Gasteiger partial charge in [0.1, 0.15) is 0 Å². The normalized spacial score (nSPS) is 27.3. The van der Waals surface area contributed by atoms with Gasteiger partial charge in [0.05, 0.1) is 31.6 Å². The zero-order valence-electron chi connectivity index (χ0n) is 23.3. The van der Waals surface area contributed by atoms with Gasteiger partial charge in [-0.25, -0.2) is 17.7 Å². The van der Waals surface area contributed by atoms with E-state index in [1.54, 1.807) is 13.8 Å². The Morgan fingerprint density at radius 3 is 2.36 bits per heavy atom. The molecular formula is C29H38N2O7S. The van der Waals surface area contributed by atoms with E-state index in [9.17, 15) is 13.2 Å². The first kappa shape index (κ1) is 28.0. The smallest absolute Gasteiger partial charge is 0.328 e. The Morgan fingerprint density at radius 1 is 1.10 bits per heavy atom. The minimum absolute atomic E-state index is 0.0369. The summed E-state index contributed by atoms with van der Waals surface area (Å²) in [6.45, 7) is 8.84. The Morgan fingerprint density at radius 2 is 1.77 bits per heavy atom. The van der Waals surface area contributed by atoms with Gasteiger partial charge < -0.3 is 18.9 Å². The zero-order valence-corrected chi connectivity index (χ0v) is 24.1. The van der Waals surface area contributed by atoms with Gasteiger partial charge in [-0.05, 0) is 63.6 Å². The molecule has 1 aromatic carbocycles. The minimum atomic E-state index is -4.00. The number of fused-ring (bicyclic) bond motifs is 1. The fourth-order valence-electron chi connectivity index (χ4n) is 6.35. The number of aryl methyl sites for hydroxylation is 1. The van der Waals surface area contributed by atoms with Crippen molar-refractivity contribution in [1.82, 2.24) is 9.29 Å². The predicted octanol–water partition coefficient (Wildman–Crippen LogP) is 4.19. The molecule has 2 aromatic rings. The van der Waals surface area contributed by atoms with E-state index < -0.39 is 38.7 Å². The first-order valence-electron chi connectivity index (χ1n) is 13.6.